The fraction of sp³-hybridized carbons (Fsp3) is 0.200. The van der Waals surface area contributed by atoms with Crippen molar-refractivity contribution in [3.05, 3.63) is 94.6 Å². The van der Waals surface area contributed by atoms with Crippen LogP contribution in [0.3, 0.4) is 0 Å². The van der Waals surface area contributed by atoms with Crippen molar-refractivity contribution in [2.75, 3.05) is 19.3 Å². The maximum atomic E-state index is 5.68. The topological polar surface area (TPSA) is 55.0 Å². The lowest BCUT2D eigenvalue weighted by molar-refractivity contribution is 0.295. The minimum atomic E-state index is 0.361. The van der Waals surface area contributed by atoms with Crippen molar-refractivity contribution in [3.63, 3.8) is 0 Å². The van der Waals surface area contributed by atoms with Crippen LogP contribution in [0.4, 0.5) is 5.82 Å². The van der Waals surface area contributed by atoms with E-state index >= 15 is 0 Å². The monoisotopic (exact) mass is 380 g/mol. The molecule has 144 valence electrons. The minimum absolute atomic E-state index is 0.361. The summed E-state index contributed by atoms with van der Waals surface area (Å²) >= 11 is 0. The van der Waals surface area contributed by atoms with Gasteiger partial charge in [0.15, 0.2) is 0 Å². The van der Waals surface area contributed by atoms with E-state index in [2.05, 4.69) is 77.3 Å². The lowest BCUT2D eigenvalue weighted by atomic mass is 9.82. The lowest BCUT2D eigenvalue weighted by Gasteiger charge is -2.33. The molecule has 0 saturated heterocycles. The van der Waals surface area contributed by atoms with Gasteiger partial charge < -0.3 is 10.6 Å². The Bertz CT molecular complexity index is 1130. The zero-order valence-electron chi connectivity index (χ0n) is 16.6. The van der Waals surface area contributed by atoms with Crippen LogP contribution in [-0.2, 0) is 13.0 Å². The van der Waals surface area contributed by atoms with Gasteiger partial charge in [-0.2, -0.15) is 0 Å². The number of allylic oxidation sites excluding steroid dienone is 2. The molecule has 0 bridgehead atoms. The van der Waals surface area contributed by atoms with E-state index in [-0.39, 0.29) is 0 Å². The molecule has 1 atom stereocenters. The van der Waals surface area contributed by atoms with E-state index in [0.717, 1.165) is 30.8 Å². The molecular weight excluding hydrogens is 356 g/mol. The van der Waals surface area contributed by atoms with Crippen LogP contribution in [0.15, 0.2) is 66.8 Å². The Balaban J connectivity index is 1.54. The number of benzene rings is 2. The number of hydrogen-bond donors (Lipinski definition) is 1. The van der Waals surface area contributed by atoms with Crippen LogP contribution in [-0.4, -0.2) is 28.7 Å². The highest BCUT2D eigenvalue weighted by molar-refractivity contribution is 5.64. The van der Waals surface area contributed by atoms with Gasteiger partial charge >= 0.3 is 0 Å². The largest absolute Gasteiger partial charge is 0.382 e. The molecule has 29 heavy (non-hydrogen) atoms. The van der Waals surface area contributed by atoms with E-state index in [4.69, 9.17) is 5.73 Å². The highest BCUT2D eigenvalue weighted by Gasteiger charge is 2.26. The maximum absolute atomic E-state index is 5.68. The van der Waals surface area contributed by atoms with Crippen LogP contribution in [0, 0.1) is 0 Å². The Labute approximate surface area is 171 Å². The molecule has 1 aliphatic heterocycles. The summed E-state index contributed by atoms with van der Waals surface area (Å²) in [5.41, 5.74) is 15.6. The van der Waals surface area contributed by atoms with Gasteiger partial charge in [0.2, 0.25) is 0 Å². The second kappa shape index (κ2) is 6.98. The fourth-order valence-corrected chi connectivity index (χ4v) is 4.46. The lowest BCUT2D eigenvalue weighted by Crippen LogP contribution is -2.31. The Morgan fingerprint density at radius 3 is 2.72 bits per heavy atom. The molecular formula is C25H24N4. The van der Waals surface area contributed by atoms with E-state index in [1.165, 1.54) is 33.4 Å². The number of anilines is 1. The molecule has 0 radical (unpaired) electrons. The van der Waals surface area contributed by atoms with Gasteiger partial charge in [0.05, 0.1) is 5.69 Å². The van der Waals surface area contributed by atoms with Crippen molar-refractivity contribution in [2.24, 2.45) is 0 Å². The van der Waals surface area contributed by atoms with Crippen molar-refractivity contribution in [1.29, 1.82) is 0 Å². The summed E-state index contributed by atoms with van der Waals surface area (Å²) in [5, 5.41) is 8.24. The predicted octanol–water partition coefficient (Wildman–Crippen LogP) is 4.43. The average molecular weight is 380 g/mol. The predicted molar refractivity (Wildman–Crippen MR) is 118 cm³/mol. The van der Waals surface area contributed by atoms with Gasteiger partial charge in [-0.1, -0.05) is 54.6 Å². The quantitative estimate of drug-likeness (QED) is 0.715. The highest BCUT2D eigenvalue weighted by atomic mass is 15.1. The van der Waals surface area contributed by atoms with Crippen LogP contribution in [0.1, 0.15) is 33.7 Å². The van der Waals surface area contributed by atoms with E-state index in [9.17, 15) is 0 Å². The van der Waals surface area contributed by atoms with E-state index in [1.807, 2.05) is 6.07 Å². The number of nitrogens with zero attached hydrogens (tertiary/aromatic N) is 3. The molecule has 0 saturated carbocycles. The summed E-state index contributed by atoms with van der Waals surface area (Å²) in [6.45, 7) is 6.09. The van der Waals surface area contributed by atoms with E-state index < -0.39 is 0 Å². The Morgan fingerprint density at radius 1 is 1.00 bits per heavy atom. The van der Waals surface area contributed by atoms with E-state index in [1.54, 1.807) is 6.07 Å². The summed E-state index contributed by atoms with van der Waals surface area (Å²) in [6, 6.07) is 17.3. The van der Waals surface area contributed by atoms with Gasteiger partial charge in [0, 0.05) is 24.6 Å². The zero-order chi connectivity index (χ0) is 20.0. The summed E-state index contributed by atoms with van der Waals surface area (Å²) < 4.78 is 0. The molecule has 0 amide bonds. The van der Waals surface area contributed by atoms with E-state index in [0.29, 0.717) is 11.7 Å². The molecule has 2 aliphatic rings. The Kier molecular flexibility index (Phi) is 4.29. The molecule has 1 unspecified atom stereocenters. The van der Waals surface area contributed by atoms with Crippen LogP contribution in [0.2, 0.25) is 0 Å². The molecule has 2 N–H and O–H groups in total. The molecule has 3 aromatic rings. The molecule has 2 heterocycles. The second-order valence-corrected chi connectivity index (χ2v) is 8.13. The van der Waals surface area contributed by atoms with Gasteiger partial charge in [-0.15, -0.1) is 10.2 Å². The first-order valence-electron chi connectivity index (χ1n) is 9.96. The van der Waals surface area contributed by atoms with Crippen molar-refractivity contribution in [1.82, 2.24) is 15.1 Å². The molecule has 2 aromatic carbocycles. The molecule has 4 nitrogen and oxygen atoms in total. The highest BCUT2D eigenvalue weighted by Crippen LogP contribution is 2.36. The number of hydrogen-bond acceptors (Lipinski definition) is 4. The second-order valence-electron chi connectivity index (χ2n) is 8.13. The SMILES string of the molecule is C=C1C=Cc2ccc(C3CN(C)Cc4cc(-c5ccc(N)nn5)ccc43)cc2C1. The summed E-state index contributed by atoms with van der Waals surface area (Å²) in [6.07, 6.45) is 5.23. The zero-order valence-corrected chi connectivity index (χ0v) is 16.6. The first-order valence-corrected chi connectivity index (χ1v) is 9.96. The van der Waals surface area contributed by atoms with Gasteiger partial charge in [0.25, 0.3) is 0 Å². The Morgan fingerprint density at radius 2 is 1.90 bits per heavy atom. The van der Waals surface area contributed by atoms with Crippen LogP contribution in [0.25, 0.3) is 17.3 Å². The maximum Gasteiger partial charge on any atom is 0.146 e. The number of nitrogen functional groups attached to an aromatic ring is 1. The number of likely N-dealkylation sites (N-methyl/N-ethyl adjacent to an activating group) is 1. The smallest absolute Gasteiger partial charge is 0.146 e. The third-order valence-electron chi connectivity index (χ3n) is 5.92. The molecule has 0 spiro atoms. The van der Waals surface area contributed by atoms with Crippen LogP contribution < -0.4 is 5.73 Å². The normalized spacial score (nSPS) is 18.4. The van der Waals surface area contributed by atoms with Crippen molar-refractivity contribution < 1.29 is 0 Å². The van der Waals surface area contributed by atoms with Gasteiger partial charge in [-0.25, -0.2) is 0 Å². The number of fused-ring (bicyclic) bond motifs is 2. The number of nitrogens with two attached hydrogens (primary N) is 1. The molecule has 1 aliphatic carbocycles. The molecule has 5 rings (SSSR count). The summed E-state index contributed by atoms with van der Waals surface area (Å²) in [7, 11) is 2.19. The number of rotatable bonds is 2. The van der Waals surface area contributed by atoms with Gasteiger partial charge in [-0.3, -0.25) is 0 Å². The van der Waals surface area contributed by atoms with Crippen molar-refractivity contribution in [2.45, 2.75) is 18.9 Å². The third-order valence-corrected chi connectivity index (χ3v) is 5.92. The van der Waals surface area contributed by atoms with Gasteiger partial charge in [0.1, 0.15) is 5.82 Å². The first-order chi connectivity index (χ1) is 14.1. The summed E-state index contributed by atoms with van der Waals surface area (Å²) in [5.74, 6) is 0.802. The average Bonchev–Trinajstić information content (AvgIpc) is 2.72. The van der Waals surface area contributed by atoms with Crippen LogP contribution in [0.5, 0.6) is 0 Å². The fourth-order valence-electron chi connectivity index (χ4n) is 4.46. The third kappa shape index (κ3) is 3.36. The van der Waals surface area contributed by atoms with Crippen molar-refractivity contribution in [3.8, 4) is 11.3 Å². The minimum Gasteiger partial charge on any atom is -0.382 e. The number of aromatic nitrogens is 2. The van der Waals surface area contributed by atoms with Crippen molar-refractivity contribution >= 4 is 11.9 Å². The molecule has 1 aromatic heterocycles. The summed E-state index contributed by atoms with van der Waals surface area (Å²) in [4.78, 5) is 2.39. The standard InChI is InChI=1S/C25H24N4/c1-16-3-4-17-5-6-18(12-20(17)11-16)23-15-29(2)14-21-13-19(7-8-22(21)23)24-9-10-25(26)28-27-24/h3-10,12-13,23H,1,11,14-15H2,2H3,(H2,26,28). The van der Waals surface area contributed by atoms with Crippen LogP contribution >= 0.6 is 0 Å². The Hall–Kier alpha value is -3.24. The molecule has 0 fully saturated rings. The van der Waals surface area contributed by atoms with Gasteiger partial charge in [-0.05, 0) is 59.5 Å². The molecule has 4 heteroatoms. The first kappa shape index (κ1) is 17.8.